The first-order valence-electron chi connectivity index (χ1n) is 7.20. The van der Waals surface area contributed by atoms with Gasteiger partial charge in [0, 0.05) is 11.0 Å². The Hall–Kier alpha value is -2.04. The lowest BCUT2D eigenvalue weighted by Crippen LogP contribution is -2.22. The van der Waals surface area contributed by atoms with E-state index >= 15 is 0 Å². The highest BCUT2D eigenvalue weighted by molar-refractivity contribution is 5.74. The van der Waals surface area contributed by atoms with Gasteiger partial charge in [-0.25, -0.2) is 0 Å². The van der Waals surface area contributed by atoms with Crippen LogP contribution in [0.15, 0.2) is 35.4 Å². The van der Waals surface area contributed by atoms with Crippen molar-refractivity contribution in [1.82, 2.24) is 0 Å². The topological polar surface area (TPSA) is 112 Å². The monoisotopic (exact) mass is 290 g/mol. The predicted molar refractivity (Wildman–Crippen MR) is 81.8 cm³/mol. The number of hydrogen-bond donors (Lipinski definition) is 2. The summed E-state index contributed by atoms with van der Waals surface area (Å²) in [5, 5.41) is 11.9. The van der Waals surface area contributed by atoms with Crippen molar-refractivity contribution in [3.05, 3.63) is 46.3 Å². The molecule has 0 bridgehead atoms. The Bertz CT molecular complexity index is 464. The molecule has 0 radical (unpaired) electrons. The summed E-state index contributed by atoms with van der Waals surface area (Å²) in [6.45, 7) is 0. The van der Waals surface area contributed by atoms with Crippen LogP contribution in [0.25, 0.3) is 10.4 Å². The standard InChI is InChI=1S/C9H9N3O2.C6H13N/c10-12-11-8(9(13)14)6-7-4-2-1-3-5-7;7-6-4-2-1-3-5-6/h1-5,8H,6H2,(H,13,14);6H,1-5,7H2/t8-;/m1./s1. The first-order chi connectivity index (χ1) is 10.1. The first-order valence-corrected chi connectivity index (χ1v) is 7.20. The second-order valence-electron chi connectivity index (χ2n) is 5.15. The average molecular weight is 290 g/mol. The van der Waals surface area contributed by atoms with Gasteiger partial charge in [0.1, 0.15) is 6.04 Å². The third-order valence-corrected chi connectivity index (χ3v) is 3.40. The molecule has 0 aliphatic heterocycles. The number of carboxylic acids is 1. The lowest BCUT2D eigenvalue weighted by atomic mass is 9.97. The maximum Gasteiger partial charge on any atom is 0.312 e. The van der Waals surface area contributed by atoms with Crippen LogP contribution in [0.5, 0.6) is 0 Å². The quantitative estimate of drug-likeness (QED) is 0.504. The van der Waals surface area contributed by atoms with Gasteiger partial charge in [0.15, 0.2) is 0 Å². The summed E-state index contributed by atoms with van der Waals surface area (Å²) < 4.78 is 0. The Balaban J connectivity index is 0.000000262. The number of benzene rings is 1. The fourth-order valence-corrected chi connectivity index (χ4v) is 2.21. The van der Waals surface area contributed by atoms with Crippen LogP contribution in [-0.4, -0.2) is 23.2 Å². The fourth-order valence-electron chi connectivity index (χ4n) is 2.21. The Morgan fingerprint density at radius 3 is 2.38 bits per heavy atom. The van der Waals surface area contributed by atoms with E-state index in [2.05, 4.69) is 10.0 Å². The minimum atomic E-state index is -1.10. The Labute approximate surface area is 124 Å². The van der Waals surface area contributed by atoms with Crippen LogP contribution in [0.2, 0.25) is 0 Å². The zero-order chi connectivity index (χ0) is 15.5. The molecule has 6 nitrogen and oxygen atoms in total. The first kappa shape index (κ1) is 17.0. The van der Waals surface area contributed by atoms with Crippen LogP contribution >= 0.6 is 0 Å². The molecular weight excluding hydrogens is 268 g/mol. The molecule has 1 aromatic rings. The molecule has 1 aromatic carbocycles. The number of azide groups is 1. The summed E-state index contributed by atoms with van der Waals surface area (Å²) in [7, 11) is 0. The van der Waals surface area contributed by atoms with Crippen molar-refractivity contribution in [3.63, 3.8) is 0 Å². The number of nitrogens with two attached hydrogens (primary N) is 1. The predicted octanol–water partition coefficient (Wildman–Crippen LogP) is 3.27. The summed E-state index contributed by atoms with van der Waals surface area (Å²) in [5.41, 5.74) is 14.6. The van der Waals surface area contributed by atoms with Crippen molar-refractivity contribution >= 4 is 5.97 Å². The van der Waals surface area contributed by atoms with Gasteiger partial charge in [0.05, 0.1) is 0 Å². The third kappa shape index (κ3) is 7.34. The summed E-state index contributed by atoms with van der Waals surface area (Å²) >= 11 is 0. The molecule has 1 aliphatic carbocycles. The van der Waals surface area contributed by atoms with Crippen molar-refractivity contribution < 1.29 is 9.90 Å². The molecule has 1 atom stereocenters. The van der Waals surface area contributed by atoms with Gasteiger partial charge in [-0.3, -0.25) is 4.79 Å². The van der Waals surface area contributed by atoms with Gasteiger partial charge < -0.3 is 10.8 Å². The van der Waals surface area contributed by atoms with Crippen molar-refractivity contribution in [2.24, 2.45) is 10.8 Å². The van der Waals surface area contributed by atoms with Crippen LogP contribution < -0.4 is 5.73 Å². The molecule has 1 saturated carbocycles. The Kier molecular flexibility index (Phi) is 7.94. The lowest BCUT2D eigenvalue weighted by Gasteiger charge is -2.15. The second kappa shape index (κ2) is 9.80. The number of hydrogen-bond acceptors (Lipinski definition) is 3. The maximum absolute atomic E-state index is 10.6. The molecule has 21 heavy (non-hydrogen) atoms. The summed E-state index contributed by atoms with van der Waals surface area (Å²) in [5.74, 6) is -1.10. The van der Waals surface area contributed by atoms with Crippen molar-refractivity contribution in [2.75, 3.05) is 0 Å². The van der Waals surface area contributed by atoms with E-state index in [1.165, 1.54) is 32.1 Å². The molecular formula is C15H22N4O2. The van der Waals surface area contributed by atoms with E-state index in [0.717, 1.165) is 5.56 Å². The molecule has 0 spiro atoms. The maximum atomic E-state index is 10.6. The smallest absolute Gasteiger partial charge is 0.312 e. The molecule has 6 heteroatoms. The highest BCUT2D eigenvalue weighted by atomic mass is 16.4. The van der Waals surface area contributed by atoms with E-state index < -0.39 is 12.0 Å². The van der Waals surface area contributed by atoms with Gasteiger partial charge in [-0.1, -0.05) is 54.7 Å². The number of nitrogens with zero attached hydrogens (tertiary/aromatic N) is 3. The molecule has 0 aromatic heterocycles. The van der Waals surface area contributed by atoms with E-state index in [4.69, 9.17) is 16.4 Å². The number of carboxylic acid groups (broad SMARTS) is 1. The van der Waals surface area contributed by atoms with Gasteiger partial charge in [-0.2, -0.15) is 0 Å². The third-order valence-electron chi connectivity index (χ3n) is 3.40. The van der Waals surface area contributed by atoms with Gasteiger partial charge in [-0.15, -0.1) is 0 Å². The van der Waals surface area contributed by atoms with Crippen LogP contribution in [0, 0.1) is 0 Å². The molecule has 1 aliphatic rings. The molecule has 0 amide bonds. The Morgan fingerprint density at radius 2 is 1.95 bits per heavy atom. The van der Waals surface area contributed by atoms with Crippen LogP contribution in [0.4, 0.5) is 0 Å². The number of aliphatic carboxylic acids is 1. The van der Waals surface area contributed by atoms with Crippen molar-refractivity contribution in [1.29, 1.82) is 0 Å². The molecule has 1 fully saturated rings. The highest BCUT2D eigenvalue weighted by Crippen LogP contribution is 2.14. The Morgan fingerprint density at radius 1 is 1.33 bits per heavy atom. The van der Waals surface area contributed by atoms with Gasteiger partial charge in [0.2, 0.25) is 0 Å². The molecule has 0 unspecified atom stereocenters. The summed E-state index contributed by atoms with van der Waals surface area (Å²) in [6, 6.07) is 8.56. The molecule has 3 N–H and O–H groups in total. The number of rotatable bonds is 4. The van der Waals surface area contributed by atoms with Crippen molar-refractivity contribution in [3.8, 4) is 0 Å². The molecule has 0 saturated heterocycles. The minimum Gasteiger partial charge on any atom is -0.481 e. The fraction of sp³-hybridized carbons (Fsp3) is 0.533. The minimum absolute atomic E-state index is 0.222. The second-order valence-corrected chi connectivity index (χ2v) is 5.15. The molecule has 2 rings (SSSR count). The zero-order valence-electron chi connectivity index (χ0n) is 12.1. The molecule has 114 valence electrons. The van der Waals surface area contributed by atoms with Gasteiger partial charge in [-0.05, 0) is 30.4 Å². The van der Waals surface area contributed by atoms with Crippen molar-refractivity contribution in [2.45, 2.75) is 50.6 Å². The van der Waals surface area contributed by atoms with Crippen LogP contribution in [-0.2, 0) is 11.2 Å². The van der Waals surface area contributed by atoms with E-state index in [9.17, 15) is 4.79 Å². The van der Waals surface area contributed by atoms with Gasteiger partial charge in [0.25, 0.3) is 0 Å². The summed E-state index contributed by atoms with van der Waals surface area (Å²) in [4.78, 5) is 13.1. The van der Waals surface area contributed by atoms with Crippen LogP contribution in [0.1, 0.15) is 37.7 Å². The lowest BCUT2D eigenvalue weighted by molar-refractivity contribution is -0.138. The van der Waals surface area contributed by atoms with Gasteiger partial charge >= 0.3 is 5.97 Å². The van der Waals surface area contributed by atoms with E-state index in [-0.39, 0.29) is 6.42 Å². The largest absolute Gasteiger partial charge is 0.481 e. The molecule has 0 heterocycles. The highest BCUT2D eigenvalue weighted by Gasteiger charge is 2.15. The van der Waals surface area contributed by atoms with E-state index in [1.54, 1.807) is 12.1 Å². The normalized spacial score (nSPS) is 16.0. The number of carbonyl (C=O) groups is 1. The SMILES string of the molecule is NC1CCCCC1.[N-]=[N+]=N[C@H](Cc1ccccc1)C(=O)O. The van der Waals surface area contributed by atoms with Crippen LogP contribution in [0.3, 0.4) is 0 Å². The van der Waals surface area contributed by atoms with E-state index in [0.29, 0.717) is 6.04 Å². The summed E-state index contributed by atoms with van der Waals surface area (Å²) in [6.07, 6.45) is 6.89. The zero-order valence-corrected chi connectivity index (χ0v) is 12.1. The average Bonchev–Trinajstić information content (AvgIpc) is 2.49. The van der Waals surface area contributed by atoms with E-state index in [1.807, 2.05) is 18.2 Å².